The van der Waals surface area contributed by atoms with Crippen LogP contribution in [0.25, 0.3) is 0 Å². The van der Waals surface area contributed by atoms with Crippen molar-refractivity contribution in [3.8, 4) is 0 Å². The lowest BCUT2D eigenvalue weighted by Gasteiger charge is -2.16. The van der Waals surface area contributed by atoms with Gasteiger partial charge in [0.15, 0.2) is 0 Å². The molecule has 0 radical (unpaired) electrons. The van der Waals surface area contributed by atoms with Crippen LogP contribution in [0.15, 0.2) is 18.2 Å². The molecule has 0 spiro atoms. The molecule has 0 bridgehead atoms. The minimum atomic E-state index is -0.281. The molecule has 0 aliphatic carbocycles. The van der Waals surface area contributed by atoms with Crippen LogP contribution < -0.4 is 0 Å². The van der Waals surface area contributed by atoms with E-state index in [1.807, 2.05) is 0 Å². The molecule has 114 valence electrons. The van der Waals surface area contributed by atoms with Crippen LogP contribution in [0.2, 0.25) is 0 Å². The number of hydrogen-bond acceptors (Lipinski definition) is 1. The predicted octanol–water partition coefficient (Wildman–Crippen LogP) is 5.87. The van der Waals surface area contributed by atoms with Crippen LogP contribution in [-0.4, -0.2) is 5.11 Å². The van der Waals surface area contributed by atoms with Gasteiger partial charge in [0.25, 0.3) is 0 Å². The zero-order valence-corrected chi connectivity index (χ0v) is 13.6. The lowest BCUT2D eigenvalue weighted by molar-refractivity contribution is 0.162. The molecular formula is C19H32O. The maximum atomic E-state index is 10.4. The van der Waals surface area contributed by atoms with E-state index in [0.717, 1.165) is 18.4 Å². The van der Waals surface area contributed by atoms with E-state index >= 15 is 0 Å². The van der Waals surface area contributed by atoms with Crippen molar-refractivity contribution >= 4 is 0 Å². The summed E-state index contributed by atoms with van der Waals surface area (Å²) in [6.07, 6.45) is 11.2. The number of hydrogen-bond donors (Lipinski definition) is 1. The smallest absolute Gasteiger partial charge is 0.0795 e. The summed E-state index contributed by atoms with van der Waals surface area (Å²) >= 11 is 0. The van der Waals surface area contributed by atoms with Gasteiger partial charge in [-0.1, -0.05) is 76.5 Å². The van der Waals surface area contributed by atoms with Gasteiger partial charge in [0, 0.05) is 0 Å². The molecule has 0 heterocycles. The number of rotatable bonds is 10. The molecule has 1 atom stereocenters. The Morgan fingerprint density at radius 2 is 1.35 bits per heavy atom. The highest BCUT2D eigenvalue weighted by Crippen LogP contribution is 2.26. The van der Waals surface area contributed by atoms with Gasteiger partial charge in [-0.15, -0.1) is 0 Å². The first kappa shape index (κ1) is 17.2. The molecule has 1 aromatic rings. The van der Waals surface area contributed by atoms with Crippen LogP contribution in [0.1, 0.15) is 87.5 Å². The van der Waals surface area contributed by atoms with Gasteiger partial charge in [0.05, 0.1) is 6.10 Å². The van der Waals surface area contributed by atoms with Gasteiger partial charge < -0.3 is 5.11 Å². The molecule has 0 saturated heterocycles. The van der Waals surface area contributed by atoms with Crippen LogP contribution in [-0.2, 0) is 0 Å². The number of aliphatic hydroxyl groups is 1. The van der Waals surface area contributed by atoms with Crippen LogP contribution in [0.4, 0.5) is 0 Å². The quantitative estimate of drug-likeness (QED) is 0.530. The Hall–Kier alpha value is -0.820. The molecule has 1 nitrogen and oxygen atoms in total. The monoisotopic (exact) mass is 276 g/mol. The number of aliphatic hydroxyl groups excluding tert-OH is 1. The van der Waals surface area contributed by atoms with Crippen LogP contribution in [0.5, 0.6) is 0 Å². The van der Waals surface area contributed by atoms with Crippen molar-refractivity contribution in [3.05, 3.63) is 34.9 Å². The molecule has 0 saturated carbocycles. The second kappa shape index (κ2) is 9.99. The zero-order chi connectivity index (χ0) is 14.8. The molecule has 0 aromatic heterocycles. The molecule has 0 amide bonds. The zero-order valence-electron chi connectivity index (χ0n) is 13.6. The van der Waals surface area contributed by atoms with E-state index in [0.29, 0.717) is 0 Å². The average Bonchev–Trinajstić information content (AvgIpc) is 2.41. The van der Waals surface area contributed by atoms with Gasteiger partial charge in [0.2, 0.25) is 0 Å². The molecule has 0 aliphatic rings. The molecule has 1 N–H and O–H groups in total. The maximum absolute atomic E-state index is 10.4. The third-order valence-corrected chi connectivity index (χ3v) is 4.21. The number of benzene rings is 1. The van der Waals surface area contributed by atoms with Gasteiger partial charge >= 0.3 is 0 Å². The maximum Gasteiger partial charge on any atom is 0.0795 e. The summed E-state index contributed by atoms with van der Waals surface area (Å²) in [6.45, 7) is 6.45. The summed E-state index contributed by atoms with van der Waals surface area (Å²) in [5, 5.41) is 10.4. The first-order valence-electron chi connectivity index (χ1n) is 8.41. The summed E-state index contributed by atoms with van der Waals surface area (Å²) in [6, 6.07) is 6.26. The largest absolute Gasteiger partial charge is 0.388 e. The summed E-state index contributed by atoms with van der Waals surface area (Å²) < 4.78 is 0. The Labute approximate surface area is 125 Å². The van der Waals surface area contributed by atoms with Crippen molar-refractivity contribution in [2.45, 2.75) is 84.7 Å². The third-order valence-electron chi connectivity index (χ3n) is 4.21. The van der Waals surface area contributed by atoms with Gasteiger partial charge in [0.1, 0.15) is 0 Å². The molecular weight excluding hydrogens is 244 g/mol. The highest BCUT2D eigenvalue weighted by molar-refractivity contribution is 5.35. The number of unbranched alkanes of at least 4 members (excludes halogenated alkanes) is 7. The highest BCUT2D eigenvalue weighted by atomic mass is 16.3. The highest BCUT2D eigenvalue weighted by Gasteiger charge is 2.12. The SMILES string of the molecule is CCCCCCCCCCC(O)c1c(C)cccc1C. The Morgan fingerprint density at radius 1 is 0.850 bits per heavy atom. The molecule has 0 fully saturated rings. The van der Waals surface area contributed by atoms with Crippen molar-refractivity contribution in [1.29, 1.82) is 0 Å². The summed E-state index contributed by atoms with van der Waals surface area (Å²) in [7, 11) is 0. The minimum absolute atomic E-state index is 0.281. The second-order valence-corrected chi connectivity index (χ2v) is 6.08. The molecule has 0 aliphatic heterocycles. The van der Waals surface area contributed by atoms with Gasteiger partial charge in [-0.3, -0.25) is 0 Å². The van der Waals surface area contributed by atoms with Crippen molar-refractivity contribution < 1.29 is 5.11 Å². The fourth-order valence-corrected chi connectivity index (χ4v) is 2.97. The summed E-state index contributed by atoms with van der Waals surface area (Å²) in [5.74, 6) is 0. The predicted molar refractivity (Wildman–Crippen MR) is 88.1 cm³/mol. The van der Waals surface area contributed by atoms with E-state index in [9.17, 15) is 5.11 Å². The third kappa shape index (κ3) is 6.09. The van der Waals surface area contributed by atoms with E-state index in [1.165, 1.54) is 56.1 Å². The van der Waals surface area contributed by atoms with Crippen molar-refractivity contribution in [2.75, 3.05) is 0 Å². The first-order valence-corrected chi connectivity index (χ1v) is 8.41. The summed E-state index contributed by atoms with van der Waals surface area (Å²) in [5.41, 5.74) is 3.59. The normalized spacial score (nSPS) is 12.6. The lowest BCUT2D eigenvalue weighted by Crippen LogP contribution is -2.02. The fourth-order valence-electron chi connectivity index (χ4n) is 2.97. The standard InChI is InChI=1S/C19H32O/c1-4-5-6-7-8-9-10-11-15-18(20)19-16(2)13-12-14-17(19)3/h12-14,18,20H,4-11,15H2,1-3H3. The van der Waals surface area contributed by atoms with Gasteiger partial charge in [-0.25, -0.2) is 0 Å². The van der Waals surface area contributed by atoms with E-state index < -0.39 is 0 Å². The lowest BCUT2D eigenvalue weighted by atomic mass is 9.94. The molecule has 20 heavy (non-hydrogen) atoms. The van der Waals surface area contributed by atoms with Crippen molar-refractivity contribution in [2.24, 2.45) is 0 Å². The topological polar surface area (TPSA) is 20.2 Å². The Bertz CT molecular complexity index is 350. The van der Waals surface area contributed by atoms with Crippen molar-refractivity contribution in [1.82, 2.24) is 0 Å². The summed E-state index contributed by atoms with van der Waals surface area (Å²) in [4.78, 5) is 0. The number of aryl methyl sites for hydroxylation is 2. The Morgan fingerprint density at radius 3 is 1.90 bits per heavy atom. The average molecular weight is 276 g/mol. The molecule has 1 aromatic carbocycles. The van der Waals surface area contributed by atoms with Crippen LogP contribution in [0.3, 0.4) is 0 Å². The van der Waals surface area contributed by atoms with Gasteiger partial charge in [-0.2, -0.15) is 0 Å². The van der Waals surface area contributed by atoms with E-state index in [4.69, 9.17) is 0 Å². The second-order valence-electron chi connectivity index (χ2n) is 6.08. The molecule has 1 heteroatoms. The fraction of sp³-hybridized carbons (Fsp3) is 0.684. The minimum Gasteiger partial charge on any atom is -0.388 e. The molecule has 1 unspecified atom stereocenters. The van der Waals surface area contributed by atoms with E-state index in [-0.39, 0.29) is 6.10 Å². The van der Waals surface area contributed by atoms with Crippen molar-refractivity contribution in [3.63, 3.8) is 0 Å². The van der Waals surface area contributed by atoms with E-state index in [2.05, 4.69) is 39.0 Å². The van der Waals surface area contributed by atoms with Crippen LogP contribution >= 0.6 is 0 Å². The Balaban J connectivity index is 2.19. The van der Waals surface area contributed by atoms with E-state index in [1.54, 1.807) is 0 Å². The van der Waals surface area contributed by atoms with Gasteiger partial charge in [-0.05, 0) is 37.0 Å². The Kier molecular flexibility index (Phi) is 8.60. The molecule has 1 rings (SSSR count). The first-order chi connectivity index (χ1) is 9.66. The van der Waals surface area contributed by atoms with Crippen LogP contribution in [0, 0.1) is 13.8 Å².